The molecule has 1 saturated heterocycles. The zero-order valence-corrected chi connectivity index (χ0v) is 17.8. The summed E-state index contributed by atoms with van der Waals surface area (Å²) in [6, 6.07) is 3.97. The van der Waals surface area contributed by atoms with Gasteiger partial charge in [0.2, 0.25) is 5.91 Å². The van der Waals surface area contributed by atoms with Gasteiger partial charge >= 0.3 is 0 Å². The first-order valence-corrected chi connectivity index (χ1v) is 11.7. The van der Waals surface area contributed by atoms with Crippen molar-refractivity contribution in [2.75, 3.05) is 19.6 Å². The van der Waals surface area contributed by atoms with E-state index < -0.39 is 0 Å². The van der Waals surface area contributed by atoms with Gasteiger partial charge in [-0.1, -0.05) is 12.8 Å². The number of likely N-dealkylation sites (tertiary alicyclic amines) is 1. The maximum absolute atomic E-state index is 12.9. The van der Waals surface area contributed by atoms with Gasteiger partial charge in [-0.2, -0.15) is 5.10 Å². The summed E-state index contributed by atoms with van der Waals surface area (Å²) in [5.74, 6) is 0.344. The number of carbonyl (C=O) groups excluding carboxylic acids is 2. The number of nitrogens with zero attached hydrogens (tertiary/aromatic N) is 3. The number of carbonyl (C=O) groups is 2. The van der Waals surface area contributed by atoms with Crippen LogP contribution in [0.15, 0.2) is 24.5 Å². The lowest BCUT2D eigenvalue weighted by atomic mass is 9.87. The molecule has 1 aliphatic carbocycles. The zero-order valence-electron chi connectivity index (χ0n) is 16.9. The van der Waals surface area contributed by atoms with Crippen LogP contribution in [0.4, 0.5) is 0 Å². The number of hydrogen-bond acceptors (Lipinski definition) is 4. The Morgan fingerprint density at radius 1 is 1.21 bits per heavy atom. The number of aromatic nitrogens is 2. The third-order valence-corrected chi connectivity index (χ3v) is 7.21. The van der Waals surface area contributed by atoms with Crippen LogP contribution >= 0.6 is 11.3 Å². The van der Waals surface area contributed by atoms with E-state index in [9.17, 15) is 9.59 Å². The van der Waals surface area contributed by atoms with E-state index in [0.29, 0.717) is 6.54 Å². The Bertz CT molecular complexity index is 822. The molecule has 0 saturated carbocycles. The van der Waals surface area contributed by atoms with Crippen LogP contribution in [0.3, 0.4) is 0 Å². The lowest BCUT2D eigenvalue weighted by Crippen LogP contribution is -2.34. The van der Waals surface area contributed by atoms with E-state index in [1.165, 1.54) is 23.3 Å². The van der Waals surface area contributed by atoms with E-state index in [2.05, 4.69) is 16.5 Å². The quantitative estimate of drug-likeness (QED) is 0.738. The van der Waals surface area contributed by atoms with Crippen LogP contribution in [-0.4, -0.2) is 46.1 Å². The molecule has 2 amide bonds. The standard InChI is InChI=1S/C22H30N4O2S/c27-21(23-9-5-13-26-14-6-10-24-26)17-7-8-19-18(15-17)16-20(29-19)22(28)25-11-3-1-2-4-12-25/h6,10,14,16-17H,1-5,7-9,11-13,15H2,(H,23,27)/t17-/m0/s1. The first-order chi connectivity index (χ1) is 14.2. The first-order valence-electron chi connectivity index (χ1n) is 10.9. The van der Waals surface area contributed by atoms with Crippen molar-refractivity contribution in [1.82, 2.24) is 20.0 Å². The topological polar surface area (TPSA) is 67.2 Å². The van der Waals surface area contributed by atoms with Crippen LogP contribution in [0.25, 0.3) is 0 Å². The van der Waals surface area contributed by atoms with E-state index in [0.717, 1.165) is 63.0 Å². The Kier molecular flexibility index (Phi) is 6.64. The second kappa shape index (κ2) is 9.57. The first kappa shape index (κ1) is 20.1. The molecular weight excluding hydrogens is 384 g/mol. The SMILES string of the molecule is O=C(NCCCn1cccn1)[C@H]1CCc2sc(C(=O)N3CCCCCC3)cc2C1. The highest BCUT2D eigenvalue weighted by Crippen LogP contribution is 2.33. The predicted molar refractivity (Wildman–Crippen MR) is 114 cm³/mol. The normalized spacial score (nSPS) is 19.4. The van der Waals surface area contributed by atoms with Crippen LogP contribution in [0.1, 0.15) is 58.6 Å². The molecule has 0 spiro atoms. The van der Waals surface area contributed by atoms with Gasteiger partial charge in [-0.15, -0.1) is 11.3 Å². The van der Waals surface area contributed by atoms with Gasteiger partial charge in [0.05, 0.1) is 4.88 Å². The molecule has 2 aliphatic rings. The Morgan fingerprint density at radius 3 is 2.79 bits per heavy atom. The number of fused-ring (bicyclic) bond motifs is 1. The Hall–Kier alpha value is -2.15. The average molecular weight is 415 g/mol. The van der Waals surface area contributed by atoms with Crippen molar-refractivity contribution >= 4 is 23.2 Å². The molecule has 1 N–H and O–H groups in total. The summed E-state index contributed by atoms with van der Waals surface area (Å²) in [7, 11) is 0. The summed E-state index contributed by atoms with van der Waals surface area (Å²) in [6.45, 7) is 3.24. The molecule has 2 aromatic heterocycles. The van der Waals surface area contributed by atoms with E-state index in [1.807, 2.05) is 21.8 Å². The predicted octanol–water partition coefficient (Wildman–Crippen LogP) is 3.27. The zero-order chi connectivity index (χ0) is 20.1. The van der Waals surface area contributed by atoms with Crippen LogP contribution in [0, 0.1) is 5.92 Å². The molecule has 1 atom stereocenters. The van der Waals surface area contributed by atoms with Gasteiger partial charge in [-0.05, 0) is 56.2 Å². The van der Waals surface area contributed by atoms with Crippen LogP contribution in [0.5, 0.6) is 0 Å². The molecule has 0 aromatic carbocycles. The lowest BCUT2D eigenvalue weighted by Gasteiger charge is -2.21. The fourth-order valence-electron chi connectivity index (χ4n) is 4.31. The van der Waals surface area contributed by atoms with Gasteiger partial charge in [0.15, 0.2) is 0 Å². The van der Waals surface area contributed by atoms with Crippen LogP contribution in [-0.2, 0) is 24.2 Å². The molecule has 4 rings (SSSR count). The summed E-state index contributed by atoms with van der Waals surface area (Å²) < 4.78 is 1.88. The van der Waals surface area contributed by atoms with Gasteiger partial charge in [0.25, 0.3) is 5.91 Å². The maximum Gasteiger partial charge on any atom is 0.263 e. The number of aryl methyl sites for hydroxylation is 2. The molecule has 0 radical (unpaired) electrons. The fourth-order valence-corrected chi connectivity index (χ4v) is 5.49. The molecule has 6 nitrogen and oxygen atoms in total. The molecule has 0 unspecified atom stereocenters. The van der Waals surface area contributed by atoms with E-state index >= 15 is 0 Å². The van der Waals surface area contributed by atoms with Crippen LogP contribution in [0.2, 0.25) is 0 Å². The highest BCUT2D eigenvalue weighted by atomic mass is 32.1. The summed E-state index contributed by atoms with van der Waals surface area (Å²) in [5.41, 5.74) is 1.20. The maximum atomic E-state index is 12.9. The third kappa shape index (κ3) is 5.07. The van der Waals surface area contributed by atoms with Crippen molar-refractivity contribution in [3.8, 4) is 0 Å². The van der Waals surface area contributed by atoms with Gasteiger partial charge in [0, 0.05) is 49.4 Å². The molecule has 2 aromatic rings. The van der Waals surface area contributed by atoms with Crippen molar-refractivity contribution in [2.24, 2.45) is 5.92 Å². The summed E-state index contributed by atoms with van der Waals surface area (Å²) in [6.07, 6.45) is 11.8. The second-order valence-corrected chi connectivity index (χ2v) is 9.26. The molecular formula is C22H30N4O2S. The van der Waals surface area contributed by atoms with Crippen LogP contribution < -0.4 is 5.32 Å². The molecule has 156 valence electrons. The van der Waals surface area contributed by atoms with Gasteiger partial charge in [0.1, 0.15) is 0 Å². The van der Waals surface area contributed by atoms with Crippen molar-refractivity contribution in [1.29, 1.82) is 0 Å². The summed E-state index contributed by atoms with van der Waals surface area (Å²) in [5, 5.41) is 7.26. The summed E-state index contributed by atoms with van der Waals surface area (Å²) in [4.78, 5) is 29.7. The van der Waals surface area contributed by atoms with Gasteiger partial charge < -0.3 is 10.2 Å². The van der Waals surface area contributed by atoms with Crippen molar-refractivity contribution in [2.45, 2.75) is 57.9 Å². The molecule has 0 bridgehead atoms. The molecule has 1 fully saturated rings. The minimum absolute atomic E-state index is 0.0166. The monoisotopic (exact) mass is 414 g/mol. The van der Waals surface area contributed by atoms with Gasteiger partial charge in [-0.25, -0.2) is 0 Å². The molecule has 1 aliphatic heterocycles. The highest BCUT2D eigenvalue weighted by molar-refractivity contribution is 7.14. The fraction of sp³-hybridized carbons (Fsp3) is 0.591. The Morgan fingerprint density at radius 2 is 2.03 bits per heavy atom. The lowest BCUT2D eigenvalue weighted by molar-refractivity contribution is -0.125. The minimum Gasteiger partial charge on any atom is -0.356 e. The highest BCUT2D eigenvalue weighted by Gasteiger charge is 2.28. The molecule has 7 heteroatoms. The van der Waals surface area contributed by atoms with E-state index in [-0.39, 0.29) is 17.7 Å². The number of rotatable bonds is 6. The van der Waals surface area contributed by atoms with E-state index in [4.69, 9.17) is 0 Å². The number of amides is 2. The van der Waals surface area contributed by atoms with Gasteiger partial charge in [-0.3, -0.25) is 14.3 Å². The smallest absolute Gasteiger partial charge is 0.263 e. The number of nitrogens with one attached hydrogen (secondary N) is 1. The summed E-state index contributed by atoms with van der Waals surface area (Å²) >= 11 is 1.64. The number of hydrogen-bond donors (Lipinski definition) is 1. The third-order valence-electron chi connectivity index (χ3n) is 5.98. The van der Waals surface area contributed by atoms with E-state index in [1.54, 1.807) is 17.5 Å². The minimum atomic E-state index is 0.0166. The Labute approximate surface area is 176 Å². The largest absolute Gasteiger partial charge is 0.356 e. The van der Waals surface area contributed by atoms with Crippen molar-refractivity contribution in [3.63, 3.8) is 0 Å². The van der Waals surface area contributed by atoms with Crippen molar-refractivity contribution < 1.29 is 9.59 Å². The number of thiophene rings is 1. The second-order valence-electron chi connectivity index (χ2n) is 8.12. The Balaban J connectivity index is 1.29. The van der Waals surface area contributed by atoms with Crippen molar-refractivity contribution in [3.05, 3.63) is 39.8 Å². The molecule has 3 heterocycles. The molecule has 29 heavy (non-hydrogen) atoms. The average Bonchev–Trinajstić information content (AvgIpc) is 3.33.